The van der Waals surface area contributed by atoms with Gasteiger partial charge in [0, 0.05) is 11.8 Å². The number of nitrogens with zero attached hydrogens (tertiary/aromatic N) is 1. The highest BCUT2D eigenvalue weighted by molar-refractivity contribution is 7.46. The summed E-state index contributed by atoms with van der Waals surface area (Å²) >= 11 is 0. The lowest BCUT2D eigenvalue weighted by molar-refractivity contribution is -0.0391. The van der Waals surface area contributed by atoms with Crippen LogP contribution >= 0.6 is 7.82 Å². The Morgan fingerprint density at radius 2 is 1.57 bits per heavy atom. The Morgan fingerprint density at radius 1 is 1.03 bits per heavy atom. The van der Waals surface area contributed by atoms with Gasteiger partial charge < -0.3 is 14.5 Å². The molecule has 1 aromatic heterocycles. The van der Waals surface area contributed by atoms with Crippen molar-refractivity contribution in [1.82, 2.24) is 9.55 Å². The molecule has 4 rings (SSSR count). The second kappa shape index (κ2) is 10.3. The molecule has 1 fully saturated rings. The molecule has 11 heteroatoms. The molecule has 1 unspecified atom stereocenters. The summed E-state index contributed by atoms with van der Waals surface area (Å²) in [5.74, 6) is 0. The number of phosphoric acid groups is 1. The summed E-state index contributed by atoms with van der Waals surface area (Å²) < 4.78 is 25.9. The fourth-order valence-corrected chi connectivity index (χ4v) is 12.9. The summed E-state index contributed by atoms with van der Waals surface area (Å²) in [6.07, 6.45) is 0.840. The third-order valence-corrected chi connectivity index (χ3v) is 14.0. The average Bonchev–Trinajstić information content (AvgIpc) is 3.31. The average molecular weight is 545 g/mol. The number of hydrogen-bond donors (Lipinski definition) is 3. The van der Waals surface area contributed by atoms with Crippen molar-refractivity contribution < 1.29 is 23.6 Å². The largest absolute Gasteiger partial charge is 0.469 e. The van der Waals surface area contributed by atoms with Gasteiger partial charge in [-0.25, -0.2) is 9.36 Å². The number of benzene rings is 2. The Labute approximate surface area is 216 Å². The molecule has 2 heterocycles. The highest BCUT2D eigenvalue weighted by Gasteiger charge is 2.59. The van der Waals surface area contributed by atoms with Gasteiger partial charge in [0.2, 0.25) is 0 Å². The van der Waals surface area contributed by atoms with Crippen molar-refractivity contribution in [3.05, 3.63) is 93.3 Å². The molecular formula is C26H33N2O7PSi. The van der Waals surface area contributed by atoms with Crippen LogP contribution in [0.4, 0.5) is 0 Å². The zero-order valence-corrected chi connectivity index (χ0v) is 23.2. The van der Waals surface area contributed by atoms with Crippen LogP contribution in [0.1, 0.15) is 45.4 Å². The summed E-state index contributed by atoms with van der Waals surface area (Å²) in [4.78, 5) is 47.0. The molecular weight excluding hydrogens is 511 g/mol. The number of rotatable bonds is 7. The predicted octanol–water partition coefficient (Wildman–Crippen LogP) is 2.60. The fraction of sp³-hybridized carbons (Fsp3) is 0.385. The smallest absolute Gasteiger partial charge is 0.352 e. The van der Waals surface area contributed by atoms with E-state index in [4.69, 9.17) is 9.26 Å². The van der Waals surface area contributed by atoms with Gasteiger partial charge in [-0.1, -0.05) is 91.8 Å². The molecule has 0 amide bonds. The summed E-state index contributed by atoms with van der Waals surface area (Å²) in [5.41, 5.74) is -1.69. The van der Waals surface area contributed by atoms with Gasteiger partial charge in [-0.3, -0.25) is 18.9 Å². The molecule has 0 aliphatic carbocycles. The monoisotopic (exact) mass is 544 g/mol. The molecule has 0 spiro atoms. The van der Waals surface area contributed by atoms with E-state index in [9.17, 15) is 23.9 Å². The normalized spacial score (nSPS) is 19.6. The molecule has 3 N–H and O–H groups in total. The first-order valence-corrected chi connectivity index (χ1v) is 15.8. The van der Waals surface area contributed by atoms with Crippen molar-refractivity contribution in [2.75, 3.05) is 0 Å². The third kappa shape index (κ3) is 5.36. The van der Waals surface area contributed by atoms with Crippen LogP contribution in [-0.2, 0) is 13.8 Å². The Balaban J connectivity index is 1.91. The van der Waals surface area contributed by atoms with Gasteiger partial charge >= 0.3 is 13.5 Å². The Morgan fingerprint density at radius 3 is 2.05 bits per heavy atom. The van der Waals surface area contributed by atoms with Gasteiger partial charge in [0.25, 0.3) is 5.56 Å². The van der Waals surface area contributed by atoms with E-state index in [1.165, 1.54) is 10.8 Å². The lowest BCUT2D eigenvalue weighted by Crippen LogP contribution is -2.74. The van der Waals surface area contributed by atoms with E-state index in [1.54, 1.807) is 6.92 Å². The second-order valence-electron chi connectivity index (χ2n) is 10.5. The Hall–Kier alpha value is -2.59. The summed E-state index contributed by atoms with van der Waals surface area (Å²) in [5, 5.41) is 1.44. The minimum atomic E-state index is -4.96. The van der Waals surface area contributed by atoms with Crippen LogP contribution in [-0.4, -0.2) is 39.2 Å². The predicted molar refractivity (Wildman–Crippen MR) is 144 cm³/mol. The van der Waals surface area contributed by atoms with Crippen LogP contribution in [0, 0.1) is 6.92 Å². The van der Waals surface area contributed by atoms with Crippen molar-refractivity contribution in [3.8, 4) is 0 Å². The van der Waals surface area contributed by atoms with Gasteiger partial charge in [0.15, 0.2) is 8.07 Å². The van der Waals surface area contributed by atoms with Crippen LogP contribution < -0.4 is 21.6 Å². The molecule has 37 heavy (non-hydrogen) atoms. The number of aromatic nitrogens is 2. The van der Waals surface area contributed by atoms with E-state index in [1.807, 2.05) is 60.7 Å². The van der Waals surface area contributed by atoms with Crippen molar-refractivity contribution in [2.45, 2.75) is 63.6 Å². The maximum absolute atomic E-state index is 12.6. The number of hydrogen-bond acceptors (Lipinski definition) is 5. The molecule has 0 saturated carbocycles. The van der Waals surface area contributed by atoms with Crippen LogP contribution in [0.15, 0.2) is 76.4 Å². The number of aromatic amines is 1. The van der Waals surface area contributed by atoms with Crippen LogP contribution in [0.5, 0.6) is 0 Å². The third-order valence-electron chi connectivity index (χ3n) is 7.14. The van der Waals surface area contributed by atoms with Crippen LogP contribution in [0.2, 0.25) is 5.04 Å². The van der Waals surface area contributed by atoms with E-state index in [2.05, 4.69) is 25.8 Å². The molecule has 0 bridgehead atoms. The van der Waals surface area contributed by atoms with Crippen molar-refractivity contribution in [2.24, 2.45) is 0 Å². The van der Waals surface area contributed by atoms with Gasteiger partial charge in [-0.05, 0) is 24.8 Å². The minimum absolute atomic E-state index is 0.363. The van der Waals surface area contributed by atoms with E-state index >= 15 is 0 Å². The molecule has 1 saturated heterocycles. The summed E-state index contributed by atoms with van der Waals surface area (Å²) in [7, 11) is -8.16. The SMILES string of the molecule is Cc1cn([C@H]2CC[C@@H](C(OP(=O)(O)O)[Si](c3ccccc3)(c3ccccc3)C(C)(C)C)O2)c(=O)[nH]c1=O. The van der Waals surface area contributed by atoms with Crippen molar-refractivity contribution >= 4 is 26.3 Å². The van der Waals surface area contributed by atoms with E-state index < -0.39 is 50.2 Å². The quantitative estimate of drug-likeness (QED) is 0.308. The maximum atomic E-state index is 12.6. The number of nitrogens with one attached hydrogen (secondary N) is 1. The minimum Gasteiger partial charge on any atom is -0.352 e. The molecule has 198 valence electrons. The van der Waals surface area contributed by atoms with E-state index in [0.717, 1.165) is 10.4 Å². The molecule has 3 aromatic rings. The maximum Gasteiger partial charge on any atom is 0.469 e. The molecule has 3 atom stereocenters. The first-order valence-electron chi connectivity index (χ1n) is 12.2. The number of ether oxygens (including phenoxy) is 1. The number of aryl methyl sites for hydroxylation is 1. The van der Waals surface area contributed by atoms with Gasteiger partial charge in [0.05, 0.1) is 11.8 Å². The van der Waals surface area contributed by atoms with Gasteiger partial charge in [-0.2, -0.15) is 0 Å². The molecule has 9 nitrogen and oxygen atoms in total. The molecule has 1 aliphatic rings. The molecule has 2 aromatic carbocycles. The first-order chi connectivity index (χ1) is 17.3. The Bertz CT molecular complexity index is 1360. The molecule has 0 radical (unpaired) electrons. The lowest BCUT2D eigenvalue weighted by atomic mass is 10.2. The highest BCUT2D eigenvalue weighted by atomic mass is 31.2. The topological polar surface area (TPSA) is 131 Å². The van der Waals surface area contributed by atoms with Crippen molar-refractivity contribution in [1.29, 1.82) is 0 Å². The zero-order valence-electron chi connectivity index (χ0n) is 21.3. The Kier molecular flexibility index (Phi) is 7.63. The second-order valence-corrected chi connectivity index (χ2v) is 16.5. The number of phosphoric ester groups is 1. The van der Waals surface area contributed by atoms with Crippen LogP contribution in [0.25, 0.3) is 0 Å². The van der Waals surface area contributed by atoms with E-state index in [-0.39, 0.29) is 0 Å². The zero-order chi connectivity index (χ0) is 27.0. The standard InChI is InChI=1S/C26H33N2O7PSi/c1-18-17-28(25(30)27-23(18)29)22-16-15-21(34-22)24(35-36(31,32)33)37(26(2,3)4,19-11-7-5-8-12-19)20-13-9-6-10-14-20/h5-14,17,21-22,24H,15-16H2,1-4H3,(H,27,29,30)(H2,31,32,33)/t21-,22+,24?/m0/s1. The first kappa shape index (κ1) is 27.4. The fourth-order valence-electron chi connectivity index (χ4n) is 5.64. The summed E-state index contributed by atoms with van der Waals surface area (Å²) in [6.45, 7) is 7.80. The van der Waals surface area contributed by atoms with Gasteiger partial charge in [0.1, 0.15) is 6.23 Å². The lowest BCUT2D eigenvalue weighted by Gasteiger charge is -2.50. The van der Waals surface area contributed by atoms with Crippen LogP contribution in [0.3, 0.4) is 0 Å². The van der Waals surface area contributed by atoms with Gasteiger partial charge in [-0.15, -0.1) is 0 Å². The van der Waals surface area contributed by atoms with Crippen molar-refractivity contribution in [3.63, 3.8) is 0 Å². The number of H-pyrrole nitrogens is 1. The highest BCUT2D eigenvalue weighted by Crippen LogP contribution is 2.49. The summed E-state index contributed by atoms with van der Waals surface area (Å²) in [6, 6.07) is 19.4. The molecule has 1 aliphatic heterocycles. The van der Waals surface area contributed by atoms with E-state index in [0.29, 0.717) is 18.4 Å².